The number of aliphatic carboxylic acids is 1. The Kier molecular flexibility index (Phi) is 8.98. The molecule has 1 saturated heterocycles. The average molecular weight is 498 g/mol. The molecule has 7 heteroatoms. The molecule has 0 radical (unpaired) electrons. The molecule has 0 bridgehead atoms. The Morgan fingerprint density at radius 2 is 1.83 bits per heavy atom. The van der Waals surface area contributed by atoms with Crippen LogP contribution in [-0.2, 0) is 16.0 Å². The van der Waals surface area contributed by atoms with Crippen molar-refractivity contribution in [2.24, 2.45) is 5.41 Å². The largest absolute Gasteiger partial charge is 0.492 e. The fourth-order valence-electron chi connectivity index (χ4n) is 4.52. The maximum Gasteiger partial charge on any atom is 0.337 e. The van der Waals surface area contributed by atoms with Crippen molar-refractivity contribution in [2.45, 2.75) is 92.3 Å². The molecule has 1 aliphatic rings. The molecule has 7 nitrogen and oxygen atoms in total. The number of unbranched alkanes of at least 4 members (excludes halogenated alkanes) is 1. The average Bonchev–Trinajstić information content (AvgIpc) is 2.82. The lowest BCUT2D eigenvalue weighted by Crippen LogP contribution is -2.39. The molecular weight excluding hydrogens is 454 g/mol. The van der Waals surface area contributed by atoms with E-state index in [1.54, 1.807) is 6.20 Å². The van der Waals surface area contributed by atoms with Crippen LogP contribution in [0.5, 0.6) is 5.75 Å². The minimum atomic E-state index is -1.13. The van der Waals surface area contributed by atoms with Crippen molar-refractivity contribution in [3.8, 4) is 17.0 Å². The van der Waals surface area contributed by atoms with Crippen molar-refractivity contribution in [3.63, 3.8) is 0 Å². The highest BCUT2D eigenvalue weighted by atomic mass is 16.5. The van der Waals surface area contributed by atoms with Gasteiger partial charge in [0.1, 0.15) is 5.75 Å². The fraction of sp³-hybridized carbons (Fsp3) is 0.621. The number of carboxylic acid groups (broad SMARTS) is 1. The fourth-order valence-corrected chi connectivity index (χ4v) is 4.52. The molecular formula is C29H43N3O4. The van der Waals surface area contributed by atoms with Crippen LogP contribution in [0.2, 0.25) is 0 Å². The smallest absolute Gasteiger partial charge is 0.337 e. The van der Waals surface area contributed by atoms with Crippen LogP contribution < -0.4 is 9.64 Å². The second kappa shape index (κ2) is 11.6. The van der Waals surface area contributed by atoms with Crippen LogP contribution in [0.4, 0.5) is 5.69 Å². The third-order valence-corrected chi connectivity index (χ3v) is 6.68. The molecule has 2 aromatic rings. The number of nitrogens with zero attached hydrogens (tertiary/aromatic N) is 3. The summed E-state index contributed by atoms with van der Waals surface area (Å²) in [5.41, 5.74) is 3.44. The molecule has 0 spiro atoms. The van der Waals surface area contributed by atoms with Crippen molar-refractivity contribution in [1.29, 1.82) is 0 Å². The first-order chi connectivity index (χ1) is 17.0. The van der Waals surface area contributed by atoms with Gasteiger partial charge in [0.2, 0.25) is 0 Å². The molecule has 1 aliphatic heterocycles. The SMILES string of the molecule is CCCCOc1ccc(-c2cnc(CC)c(C(OC(C)(C)C)C(=O)O)c2N2CCC(C)(C)CC2)nc1. The molecule has 198 valence electrons. The van der Waals surface area contributed by atoms with E-state index in [-0.39, 0.29) is 5.41 Å². The summed E-state index contributed by atoms with van der Waals surface area (Å²) in [5, 5.41) is 10.3. The van der Waals surface area contributed by atoms with Crippen molar-refractivity contribution in [1.82, 2.24) is 9.97 Å². The van der Waals surface area contributed by atoms with Crippen molar-refractivity contribution in [2.75, 3.05) is 24.6 Å². The second-order valence-electron chi connectivity index (χ2n) is 11.4. The Morgan fingerprint density at radius 1 is 1.14 bits per heavy atom. The highest BCUT2D eigenvalue weighted by Gasteiger charge is 2.36. The molecule has 36 heavy (non-hydrogen) atoms. The van der Waals surface area contributed by atoms with Crippen molar-refractivity contribution >= 4 is 11.7 Å². The van der Waals surface area contributed by atoms with Crippen LogP contribution >= 0.6 is 0 Å². The number of piperidine rings is 1. The predicted molar refractivity (Wildman–Crippen MR) is 144 cm³/mol. The molecule has 1 atom stereocenters. The molecule has 1 fully saturated rings. The summed E-state index contributed by atoms with van der Waals surface area (Å²) in [5.74, 6) is -0.281. The second-order valence-corrected chi connectivity index (χ2v) is 11.4. The lowest BCUT2D eigenvalue weighted by atomic mass is 9.82. The standard InChI is InChI=1S/C29H43N3O4/c1-8-10-17-35-20-11-12-23(30-18-20)21-19-31-22(9-2)24(26(27(33)34)36-28(3,4)5)25(21)32-15-13-29(6,7)14-16-32/h11-12,18-19,26H,8-10,13-17H2,1-7H3,(H,33,34). The van der Waals surface area contributed by atoms with Crippen LogP contribution in [0, 0.1) is 5.41 Å². The highest BCUT2D eigenvalue weighted by molar-refractivity contribution is 5.85. The number of aryl methyl sites for hydroxylation is 1. The maximum atomic E-state index is 12.6. The van der Waals surface area contributed by atoms with E-state index in [1.165, 1.54) is 0 Å². The lowest BCUT2D eigenvalue weighted by molar-refractivity contribution is -0.160. The van der Waals surface area contributed by atoms with Crippen LogP contribution in [0.15, 0.2) is 24.5 Å². The summed E-state index contributed by atoms with van der Waals surface area (Å²) in [4.78, 5) is 24.3. The van der Waals surface area contributed by atoms with Gasteiger partial charge in [0, 0.05) is 36.1 Å². The van der Waals surface area contributed by atoms with Crippen LogP contribution in [0.3, 0.4) is 0 Å². The number of carboxylic acids is 1. The number of hydrogen-bond acceptors (Lipinski definition) is 6. The maximum absolute atomic E-state index is 12.6. The van der Waals surface area contributed by atoms with Gasteiger partial charge in [-0.2, -0.15) is 0 Å². The summed E-state index contributed by atoms with van der Waals surface area (Å²) in [6.45, 7) is 16.7. The summed E-state index contributed by atoms with van der Waals surface area (Å²) in [6, 6.07) is 3.86. The molecule has 0 aliphatic carbocycles. The summed E-state index contributed by atoms with van der Waals surface area (Å²) < 4.78 is 12.0. The molecule has 0 amide bonds. The van der Waals surface area contributed by atoms with Crippen LogP contribution in [0.25, 0.3) is 11.3 Å². The minimum absolute atomic E-state index is 0.251. The normalized spacial score (nSPS) is 16.6. The number of hydrogen-bond donors (Lipinski definition) is 1. The lowest BCUT2D eigenvalue weighted by Gasteiger charge is -2.41. The minimum Gasteiger partial charge on any atom is -0.492 e. The molecule has 2 aromatic heterocycles. The highest BCUT2D eigenvalue weighted by Crippen LogP contribution is 2.43. The van der Waals surface area contributed by atoms with E-state index in [2.05, 4.69) is 25.7 Å². The first-order valence-electron chi connectivity index (χ1n) is 13.2. The van der Waals surface area contributed by atoms with E-state index < -0.39 is 17.7 Å². The number of pyridine rings is 2. The Hall–Kier alpha value is -2.67. The summed E-state index contributed by atoms with van der Waals surface area (Å²) in [6.07, 6.45) is 7.16. The Labute approximate surface area is 216 Å². The van der Waals surface area contributed by atoms with Gasteiger partial charge in [-0.15, -0.1) is 0 Å². The van der Waals surface area contributed by atoms with E-state index in [0.717, 1.165) is 67.2 Å². The molecule has 0 aromatic carbocycles. The third-order valence-electron chi connectivity index (χ3n) is 6.68. The molecule has 1 unspecified atom stereocenters. The van der Waals surface area contributed by atoms with E-state index in [4.69, 9.17) is 19.4 Å². The van der Waals surface area contributed by atoms with Gasteiger partial charge >= 0.3 is 5.97 Å². The molecule has 1 N–H and O–H groups in total. The number of aromatic nitrogens is 2. The molecule has 0 saturated carbocycles. The van der Waals surface area contributed by atoms with E-state index in [9.17, 15) is 9.90 Å². The number of carbonyl (C=O) groups is 1. The van der Waals surface area contributed by atoms with Crippen molar-refractivity contribution in [3.05, 3.63) is 35.8 Å². The number of anilines is 1. The number of rotatable bonds is 10. The molecule has 3 heterocycles. The summed E-state index contributed by atoms with van der Waals surface area (Å²) in [7, 11) is 0. The van der Waals surface area contributed by atoms with Crippen molar-refractivity contribution < 1.29 is 19.4 Å². The predicted octanol–water partition coefficient (Wildman–Crippen LogP) is 6.45. The first kappa shape index (κ1) is 27.9. The van der Waals surface area contributed by atoms with Gasteiger partial charge in [0.05, 0.1) is 29.8 Å². The first-order valence-corrected chi connectivity index (χ1v) is 13.2. The van der Waals surface area contributed by atoms with Crippen LogP contribution in [0.1, 0.15) is 91.5 Å². The number of ether oxygens (including phenoxy) is 2. The van der Waals surface area contributed by atoms with Gasteiger partial charge in [0.25, 0.3) is 0 Å². The zero-order valence-electron chi connectivity index (χ0n) is 23.1. The topological polar surface area (TPSA) is 84.8 Å². The van der Waals surface area contributed by atoms with E-state index in [1.807, 2.05) is 46.0 Å². The van der Waals surface area contributed by atoms with E-state index >= 15 is 0 Å². The van der Waals surface area contributed by atoms with Gasteiger partial charge in [-0.05, 0) is 64.0 Å². The summed E-state index contributed by atoms with van der Waals surface area (Å²) >= 11 is 0. The van der Waals surface area contributed by atoms with Gasteiger partial charge in [0.15, 0.2) is 6.10 Å². The van der Waals surface area contributed by atoms with Gasteiger partial charge < -0.3 is 19.5 Å². The Bertz CT molecular complexity index is 1020. The Morgan fingerprint density at radius 3 is 2.36 bits per heavy atom. The monoisotopic (exact) mass is 497 g/mol. The molecule has 3 rings (SSSR count). The third kappa shape index (κ3) is 6.96. The van der Waals surface area contributed by atoms with Gasteiger partial charge in [-0.25, -0.2) is 4.79 Å². The van der Waals surface area contributed by atoms with Crippen LogP contribution in [-0.4, -0.2) is 46.3 Å². The quantitative estimate of drug-likeness (QED) is 0.377. The van der Waals surface area contributed by atoms with Gasteiger partial charge in [-0.1, -0.05) is 34.1 Å². The Balaban J connectivity index is 2.16. The zero-order valence-corrected chi connectivity index (χ0v) is 23.1. The zero-order chi connectivity index (χ0) is 26.5. The van der Waals surface area contributed by atoms with Gasteiger partial charge in [-0.3, -0.25) is 9.97 Å². The van der Waals surface area contributed by atoms with E-state index in [0.29, 0.717) is 18.6 Å².